The summed E-state index contributed by atoms with van der Waals surface area (Å²) in [6, 6.07) is 16.1. The Balaban J connectivity index is 1.67. The lowest BCUT2D eigenvalue weighted by Gasteiger charge is -2.15. The molecule has 148 valence electrons. The second-order valence-corrected chi connectivity index (χ2v) is 8.62. The van der Waals surface area contributed by atoms with Crippen LogP contribution in [-0.4, -0.2) is 44.2 Å². The van der Waals surface area contributed by atoms with Crippen LogP contribution in [0.15, 0.2) is 74.9 Å². The molecule has 4 rings (SSSR count). The minimum absolute atomic E-state index is 0.181. The Morgan fingerprint density at radius 3 is 2.38 bits per heavy atom. The molecule has 9 nitrogen and oxygen atoms in total. The van der Waals surface area contributed by atoms with Gasteiger partial charge in [0.05, 0.1) is 12.3 Å². The van der Waals surface area contributed by atoms with Gasteiger partial charge in [0.2, 0.25) is 0 Å². The third-order valence-electron chi connectivity index (χ3n) is 4.45. The zero-order valence-corrected chi connectivity index (χ0v) is 16.5. The van der Waals surface area contributed by atoms with Gasteiger partial charge in [-0.15, -0.1) is 5.11 Å². The predicted molar refractivity (Wildman–Crippen MR) is 108 cm³/mol. The van der Waals surface area contributed by atoms with Crippen molar-refractivity contribution in [2.75, 3.05) is 13.2 Å². The zero-order chi connectivity index (χ0) is 20.4. The lowest BCUT2D eigenvalue weighted by molar-refractivity contribution is 0.210. The van der Waals surface area contributed by atoms with E-state index in [4.69, 9.17) is 10.7 Å². The number of carbonyl (C=O) groups is 1. The van der Waals surface area contributed by atoms with Crippen molar-refractivity contribution in [3.8, 4) is 0 Å². The van der Waals surface area contributed by atoms with Crippen molar-refractivity contribution < 1.29 is 13.2 Å². The highest BCUT2D eigenvalue weighted by atomic mass is 35.7. The third kappa shape index (κ3) is 4.33. The first-order valence-electron chi connectivity index (χ1n) is 8.61. The number of halogens is 1. The van der Waals surface area contributed by atoms with Crippen LogP contribution >= 0.6 is 10.7 Å². The first-order valence-corrected chi connectivity index (χ1v) is 10.9. The average Bonchev–Trinajstić information content (AvgIpc) is 3.38. The Hall–Kier alpha value is -3.11. The molecule has 2 aromatic carbocycles. The monoisotopic (exact) mass is 430 g/mol. The van der Waals surface area contributed by atoms with Crippen LogP contribution in [0.5, 0.6) is 0 Å². The summed E-state index contributed by atoms with van der Waals surface area (Å²) in [5.74, 6) is 0.340. The summed E-state index contributed by atoms with van der Waals surface area (Å²) in [4.78, 5) is 16.4. The highest BCUT2D eigenvalue weighted by molar-refractivity contribution is 8.12. The fourth-order valence-electron chi connectivity index (χ4n) is 3.16. The number of amidine groups is 1. The van der Waals surface area contributed by atoms with E-state index in [0.717, 1.165) is 21.7 Å². The van der Waals surface area contributed by atoms with E-state index in [1.807, 2.05) is 54.6 Å². The van der Waals surface area contributed by atoms with E-state index in [1.54, 1.807) is 4.72 Å². The first-order chi connectivity index (χ1) is 13.9. The molecule has 0 spiro atoms. The molecule has 2 aliphatic rings. The molecule has 2 amide bonds. The molecule has 1 unspecified atom stereocenters. The molecule has 2 aliphatic heterocycles. The van der Waals surface area contributed by atoms with Crippen LogP contribution in [0.4, 0.5) is 4.79 Å². The van der Waals surface area contributed by atoms with E-state index in [2.05, 4.69) is 20.3 Å². The normalized spacial score (nSPS) is 18.5. The topological polar surface area (TPSA) is 116 Å². The quantitative estimate of drug-likeness (QED) is 0.751. The van der Waals surface area contributed by atoms with Gasteiger partial charge in [-0.1, -0.05) is 54.6 Å². The number of rotatable bonds is 4. The number of benzene rings is 2. The van der Waals surface area contributed by atoms with Crippen LogP contribution < -0.4 is 4.72 Å². The fraction of sp³-hybridized carbons (Fsp3) is 0.167. The van der Waals surface area contributed by atoms with Crippen molar-refractivity contribution in [1.82, 2.24) is 9.73 Å². The summed E-state index contributed by atoms with van der Waals surface area (Å²) in [7, 11) is 0.919. The predicted octanol–water partition coefficient (Wildman–Crippen LogP) is 2.85. The molecular weight excluding hydrogens is 416 g/mol. The van der Waals surface area contributed by atoms with Gasteiger partial charge in [0.1, 0.15) is 0 Å². The largest absolute Gasteiger partial charge is 0.352 e. The van der Waals surface area contributed by atoms with Gasteiger partial charge < -0.3 is 0 Å². The molecule has 2 aromatic rings. The van der Waals surface area contributed by atoms with Crippen molar-refractivity contribution in [2.24, 2.45) is 20.3 Å². The summed E-state index contributed by atoms with van der Waals surface area (Å²) in [6.07, 6.45) is 0. The number of aliphatic imine (C=N–C) groups is 1. The van der Waals surface area contributed by atoms with Crippen molar-refractivity contribution >= 4 is 37.5 Å². The first kappa shape index (κ1) is 19.2. The molecule has 0 radical (unpaired) electrons. The smallest absolute Gasteiger partial charge is 0.245 e. The number of hydrazone groups is 1. The summed E-state index contributed by atoms with van der Waals surface area (Å²) >= 11 is 0. The van der Waals surface area contributed by atoms with Crippen molar-refractivity contribution in [3.05, 3.63) is 71.3 Å². The Morgan fingerprint density at radius 1 is 1.07 bits per heavy atom. The molecule has 0 aromatic heterocycles. The van der Waals surface area contributed by atoms with Gasteiger partial charge in [-0.05, 0) is 11.1 Å². The van der Waals surface area contributed by atoms with Crippen molar-refractivity contribution in [2.45, 2.75) is 5.92 Å². The van der Waals surface area contributed by atoms with Gasteiger partial charge in [0.15, 0.2) is 12.5 Å². The standard InChI is InChI=1S/C18H15ClN6O3S/c19-29(27,28)24-18(26)25-10-15(12-4-2-1-3-5-12)16(23-25)13-6-8-14(9-7-13)17-20-11-21-22-17/h1-9,15H,10-11H2,(H,24,26). The minimum atomic E-state index is -4.21. The molecular formula is C18H15ClN6O3S. The summed E-state index contributed by atoms with van der Waals surface area (Å²) in [5.41, 5.74) is 3.21. The van der Waals surface area contributed by atoms with Crippen LogP contribution in [0.2, 0.25) is 0 Å². The number of amides is 2. The zero-order valence-electron chi connectivity index (χ0n) is 14.9. The molecule has 2 heterocycles. The number of hydrogen-bond acceptors (Lipinski definition) is 7. The van der Waals surface area contributed by atoms with Gasteiger partial charge in [0, 0.05) is 22.2 Å². The number of carbonyl (C=O) groups excluding carboxylic acids is 1. The molecule has 1 atom stereocenters. The second-order valence-electron chi connectivity index (χ2n) is 6.32. The van der Waals surface area contributed by atoms with Crippen LogP contribution in [0.25, 0.3) is 0 Å². The van der Waals surface area contributed by atoms with E-state index in [1.165, 1.54) is 0 Å². The fourth-order valence-corrected chi connectivity index (χ4v) is 3.67. The summed E-state index contributed by atoms with van der Waals surface area (Å²) in [5, 5.41) is 13.3. The number of azo groups is 1. The van der Waals surface area contributed by atoms with Gasteiger partial charge in [-0.25, -0.2) is 19.5 Å². The maximum Gasteiger partial charge on any atom is 0.352 e. The van der Waals surface area contributed by atoms with Gasteiger partial charge >= 0.3 is 15.3 Å². The number of urea groups is 1. The summed E-state index contributed by atoms with van der Waals surface area (Å²) in [6.45, 7) is 0.508. The van der Waals surface area contributed by atoms with E-state index < -0.39 is 15.3 Å². The van der Waals surface area contributed by atoms with E-state index in [0.29, 0.717) is 18.2 Å². The Kier molecular flexibility index (Phi) is 5.12. The molecule has 0 aliphatic carbocycles. The van der Waals surface area contributed by atoms with Crippen molar-refractivity contribution in [3.63, 3.8) is 0 Å². The van der Waals surface area contributed by atoms with Crippen LogP contribution in [0, 0.1) is 0 Å². The van der Waals surface area contributed by atoms with E-state index >= 15 is 0 Å². The molecule has 0 fully saturated rings. The summed E-state index contributed by atoms with van der Waals surface area (Å²) < 4.78 is 24.1. The SMILES string of the molecule is O=C(NS(=O)(=O)Cl)N1CC(c2ccccc2)C(c2ccc(C3=NCN=N3)cc2)=N1. The minimum Gasteiger partial charge on any atom is -0.245 e. The van der Waals surface area contributed by atoms with Crippen molar-refractivity contribution in [1.29, 1.82) is 0 Å². The average molecular weight is 431 g/mol. The number of nitrogens with zero attached hydrogens (tertiary/aromatic N) is 5. The molecule has 11 heteroatoms. The number of hydrogen-bond donors (Lipinski definition) is 1. The van der Waals surface area contributed by atoms with Gasteiger partial charge in [-0.2, -0.15) is 18.6 Å². The number of nitrogens with one attached hydrogen (secondary N) is 1. The third-order valence-corrected chi connectivity index (χ3v) is 5.10. The maximum absolute atomic E-state index is 12.2. The lowest BCUT2D eigenvalue weighted by Crippen LogP contribution is -2.37. The highest BCUT2D eigenvalue weighted by Crippen LogP contribution is 2.29. The Morgan fingerprint density at radius 2 is 1.76 bits per heavy atom. The lowest BCUT2D eigenvalue weighted by atomic mass is 9.90. The molecule has 0 saturated heterocycles. The second kappa shape index (κ2) is 7.72. The highest BCUT2D eigenvalue weighted by Gasteiger charge is 2.33. The maximum atomic E-state index is 12.2. The van der Waals surface area contributed by atoms with Crippen LogP contribution in [-0.2, 0) is 9.24 Å². The molecule has 1 N–H and O–H groups in total. The molecule has 0 bridgehead atoms. The van der Waals surface area contributed by atoms with E-state index in [9.17, 15) is 13.2 Å². The van der Waals surface area contributed by atoms with Crippen LogP contribution in [0.3, 0.4) is 0 Å². The van der Waals surface area contributed by atoms with Gasteiger partial charge in [0.25, 0.3) is 0 Å². The van der Waals surface area contributed by atoms with Crippen LogP contribution in [0.1, 0.15) is 22.6 Å². The molecule has 29 heavy (non-hydrogen) atoms. The van der Waals surface area contributed by atoms with E-state index in [-0.39, 0.29) is 12.5 Å². The molecule has 0 saturated carbocycles. The Bertz CT molecular complexity index is 1130. The van der Waals surface area contributed by atoms with Gasteiger partial charge in [-0.3, -0.25) is 0 Å². The Labute approximate surface area is 171 Å².